The minimum Gasteiger partial charge on any atom is -0.475 e. The predicted molar refractivity (Wildman–Crippen MR) is 120 cm³/mol. The maximum absolute atomic E-state index is 12.6. The Morgan fingerprint density at radius 2 is 1.66 bits per heavy atom. The van der Waals surface area contributed by atoms with Gasteiger partial charge in [-0.05, 0) is 32.6 Å². The third-order valence-electron chi connectivity index (χ3n) is 5.11. The molecule has 0 radical (unpaired) electrons. The number of carboxylic acids is 1. The molecule has 17 heteroatoms. The van der Waals surface area contributed by atoms with E-state index < -0.39 is 36.7 Å². The molecule has 0 aliphatic heterocycles. The van der Waals surface area contributed by atoms with E-state index in [9.17, 15) is 31.1 Å². The van der Waals surface area contributed by atoms with Crippen molar-refractivity contribution in [2.45, 2.75) is 57.0 Å². The van der Waals surface area contributed by atoms with Crippen molar-refractivity contribution in [2.75, 3.05) is 24.3 Å². The second kappa shape index (κ2) is 13.0. The summed E-state index contributed by atoms with van der Waals surface area (Å²) in [5.74, 6) is -3.46. The van der Waals surface area contributed by atoms with Gasteiger partial charge >= 0.3 is 18.3 Å². The van der Waals surface area contributed by atoms with Gasteiger partial charge in [0.2, 0.25) is 17.7 Å². The van der Waals surface area contributed by atoms with Crippen LogP contribution in [0.25, 0.3) is 0 Å². The largest absolute Gasteiger partial charge is 0.490 e. The van der Waals surface area contributed by atoms with Crippen molar-refractivity contribution in [3.05, 3.63) is 29.8 Å². The number of hydrogen-bond acceptors (Lipinski definition) is 9. The van der Waals surface area contributed by atoms with Crippen LogP contribution in [0.15, 0.2) is 18.5 Å². The average molecular weight is 553 g/mol. The first kappa shape index (κ1) is 30.3. The summed E-state index contributed by atoms with van der Waals surface area (Å²) in [5, 5.41) is 16.3. The molecule has 1 aliphatic rings. The van der Waals surface area contributed by atoms with Crippen LogP contribution < -0.4 is 20.7 Å². The van der Waals surface area contributed by atoms with Gasteiger partial charge in [-0.3, -0.25) is 4.79 Å². The van der Waals surface area contributed by atoms with Gasteiger partial charge in [-0.25, -0.2) is 14.8 Å². The number of aliphatic carboxylic acids is 1. The number of carbonyl (C=O) groups is 2. The summed E-state index contributed by atoms with van der Waals surface area (Å²) in [6.45, 7) is 1.50. The summed E-state index contributed by atoms with van der Waals surface area (Å²) in [5.41, 5.74) is 0.957. The van der Waals surface area contributed by atoms with Crippen molar-refractivity contribution in [2.24, 2.45) is 0 Å². The first-order valence-electron chi connectivity index (χ1n) is 11.1. The molecular formula is C21H25F6N7O4. The average Bonchev–Trinajstić information content (AvgIpc) is 2.84. The van der Waals surface area contributed by atoms with E-state index in [1.54, 1.807) is 13.2 Å². The van der Waals surface area contributed by atoms with Gasteiger partial charge in [-0.15, -0.1) is 0 Å². The summed E-state index contributed by atoms with van der Waals surface area (Å²) in [6.07, 6.45) is -3.93. The van der Waals surface area contributed by atoms with E-state index in [2.05, 4.69) is 35.9 Å². The lowest BCUT2D eigenvalue weighted by molar-refractivity contribution is -0.192. The highest BCUT2D eigenvalue weighted by Crippen LogP contribution is 2.27. The van der Waals surface area contributed by atoms with E-state index in [1.165, 1.54) is 6.07 Å². The zero-order valence-electron chi connectivity index (χ0n) is 20.2. The maximum atomic E-state index is 12.6. The standard InChI is InChI=1S/C19H24F3N7O2.C2HF3O2/c1-11-9-25-18(29-16(11)23-2)27-13-5-3-12(4-6-13)26-14(30)10-31-15-7-8-24-17(28-15)19(20,21)22;3-2(4,5)1(6)7/h7-9,12-13H,3-6,10H2,1-2H3,(H,26,30)(H2,23,25,27,29);(H,6,7)/t12-,13+;. The van der Waals surface area contributed by atoms with Gasteiger partial charge < -0.3 is 25.8 Å². The fourth-order valence-corrected chi connectivity index (χ4v) is 3.30. The Morgan fingerprint density at radius 1 is 1.05 bits per heavy atom. The van der Waals surface area contributed by atoms with Crippen LogP contribution in [0.5, 0.6) is 5.88 Å². The molecule has 3 rings (SSSR count). The van der Waals surface area contributed by atoms with Crippen molar-refractivity contribution in [3.8, 4) is 5.88 Å². The molecule has 1 saturated carbocycles. The molecule has 2 heterocycles. The van der Waals surface area contributed by atoms with Crippen LogP contribution in [0.2, 0.25) is 0 Å². The van der Waals surface area contributed by atoms with Gasteiger partial charge in [0.1, 0.15) is 5.82 Å². The van der Waals surface area contributed by atoms with Gasteiger partial charge in [0.05, 0.1) is 0 Å². The summed E-state index contributed by atoms with van der Waals surface area (Å²) < 4.78 is 74.7. The Hall–Kier alpha value is -3.92. The third kappa shape index (κ3) is 9.85. The molecule has 0 bridgehead atoms. The summed E-state index contributed by atoms with van der Waals surface area (Å²) in [4.78, 5) is 36.1. The fourth-order valence-electron chi connectivity index (χ4n) is 3.30. The van der Waals surface area contributed by atoms with E-state index in [0.717, 1.165) is 43.3 Å². The predicted octanol–water partition coefficient (Wildman–Crippen LogP) is 3.19. The number of ether oxygens (including phenoxy) is 1. The zero-order chi connectivity index (χ0) is 28.5. The Labute approximate surface area is 212 Å². The van der Waals surface area contributed by atoms with Crippen LogP contribution in [-0.2, 0) is 15.8 Å². The number of rotatable bonds is 7. The number of carboxylic acid groups (broad SMARTS) is 1. The molecule has 0 spiro atoms. The minimum absolute atomic E-state index is 0.0305. The number of aromatic nitrogens is 4. The Bertz CT molecular complexity index is 1090. The fraction of sp³-hybridized carbons (Fsp3) is 0.524. The van der Waals surface area contributed by atoms with Gasteiger partial charge in [0.25, 0.3) is 5.91 Å². The molecule has 1 amide bonds. The highest BCUT2D eigenvalue weighted by Gasteiger charge is 2.38. The summed E-state index contributed by atoms with van der Waals surface area (Å²) in [6, 6.07) is 1.34. The summed E-state index contributed by atoms with van der Waals surface area (Å²) in [7, 11) is 1.80. The lowest BCUT2D eigenvalue weighted by Crippen LogP contribution is -2.42. The first-order chi connectivity index (χ1) is 17.7. The molecule has 0 saturated heterocycles. The number of carbonyl (C=O) groups excluding carboxylic acids is 1. The van der Waals surface area contributed by atoms with E-state index in [-0.39, 0.29) is 18.0 Å². The third-order valence-corrected chi connectivity index (χ3v) is 5.11. The van der Waals surface area contributed by atoms with E-state index in [0.29, 0.717) is 5.95 Å². The van der Waals surface area contributed by atoms with Crippen molar-refractivity contribution in [3.63, 3.8) is 0 Å². The molecule has 4 N–H and O–H groups in total. The minimum atomic E-state index is -5.08. The number of alkyl halides is 6. The summed E-state index contributed by atoms with van der Waals surface area (Å²) >= 11 is 0. The SMILES string of the molecule is CNc1nc(N[C@H]2CC[C@@H](NC(=O)COc3ccnc(C(F)(F)F)n3)CC2)ncc1C.O=C(O)C(F)(F)F. The van der Waals surface area contributed by atoms with Crippen LogP contribution in [-0.4, -0.2) is 68.8 Å². The number of hydrogen-bond donors (Lipinski definition) is 4. The van der Waals surface area contributed by atoms with Gasteiger partial charge in [0, 0.05) is 43.2 Å². The highest BCUT2D eigenvalue weighted by molar-refractivity contribution is 5.77. The normalized spacial score (nSPS) is 17.5. The van der Waals surface area contributed by atoms with Crippen LogP contribution >= 0.6 is 0 Å². The number of amides is 1. The number of halogens is 6. The second-order valence-corrected chi connectivity index (χ2v) is 8.04. The highest BCUT2D eigenvalue weighted by atomic mass is 19.4. The Morgan fingerprint density at radius 3 is 2.21 bits per heavy atom. The van der Waals surface area contributed by atoms with E-state index in [1.807, 2.05) is 6.92 Å². The van der Waals surface area contributed by atoms with Crippen LogP contribution in [0.1, 0.15) is 37.1 Å². The quantitative estimate of drug-likeness (QED) is 0.376. The Kier molecular flexibility index (Phi) is 10.4. The van der Waals surface area contributed by atoms with Gasteiger partial charge in [0.15, 0.2) is 6.61 Å². The van der Waals surface area contributed by atoms with E-state index >= 15 is 0 Å². The molecule has 1 fully saturated rings. The number of anilines is 2. The van der Waals surface area contributed by atoms with Gasteiger partial charge in [-0.1, -0.05) is 0 Å². The van der Waals surface area contributed by atoms with Crippen molar-refractivity contribution in [1.82, 2.24) is 25.3 Å². The lowest BCUT2D eigenvalue weighted by atomic mass is 9.91. The molecule has 38 heavy (non-hydrogen) atoms. The molecule has 0 aromatic carbocycles. The van der Waals surface area contributed by atoms with Gasteiger partial charge in [-0.2, -0.15) is 36.3 Å². The molecule has 0 atom stereocenters. The molecule has 2 aromatic rings. The molecular weight excluding hydrogens is 528 g/mol. The molecule has 210 valence electrons. The van der Waals surface area contributed by atoms with Crippen LogP contribution in [0, 0.1) is 6.92 Å². The number of aryl methyl sites for hydroxylation is 1. The van der Waals surface area contributed by atoms with Crippen molar-refractivity contribution >= 4 is 23.6 Å². The second-order valence-electron chi connectivity index (χ2n) is 8.04. The number of nitrogens with zero attached hydrogens (tertiary/aromatic N) is 4. The van der Waals surface area contributed by atoms with Crippen LogP contribution in [0.4, 0.5) is 38.1 Å². The van der Waals surface area contributed by atoms with Crippen LogP contribution in [0.3, 0.4) is 0 Å². The van der Waals surface area contributed by atoms with Crippen molar-refractivity contribution in [1.29, 1.82) is 0 Å². The first-order valence-corrected chi connectivity index (χ1v) is 11.1. The lowest BCUT2D eigenvalue weighted by Gasteiger charge is -2.29. The molecule has 2 aromatic heterocycles. The molecule has 11 nitrogen and oxygen atoms in total. The molecule has 0 unspecified atom stereocenters. The zero-order valence-corrected chi connectivity index (χ0v) is 20.2. The van der Waals surface area contributed by atoms with Crippen molar-refractivity contribution < 1.29 is 45.8 Å². The topological polar surface area (TPSA) is 151 Å². The molecule has 1 aliphatic carbocycles. The maximum Gasteiger partial charge on any atom is 0.490 e. The monoisotopic (exact) mass is 553 g/mol. The van der Waals surface area contributed by atoms with E-state index in [4.69, 9.17) is 14.6 Å². The Balaban J connectivity index is 0.000000638. The number of nitrogens with one attached hydrogen (secondary N) is 3. The smallest absolute Gasteiger partial charge is 0.475 e.